The number of imide groups is 1. The highest BCUT2D eigenvalue weighted by molar-refractivity contribution is 9.10. The highest BCUT2D eigenvalue weighted by Crippen LogP contribution is 2.65. The monoisotopic (exact) mass is 414 g/mol. The third kappa shape index (κ3) is 2.38. The van der Waals surface area contributed by atoms with E-state index in [-0.39, 0.29) is 54.4 Å². The van der Waals surface area contributed by atoms with Crippen molar-refractivity contribution in [1.29, 1.82) is 0 Å². The van der Waals surface area contributed by atoms with Crippen LogP contribution in [0.1, 0.15) is 12.8 Å². The fourth-order valence-corrected chi connectivity index (χ4v) is 5.47. The summed E-state index contributed by atoms with van der Waals surface area (Å²) in [7, 11) is 0. The van der Waals surface area contributed by atoms with E-state index >= 15 is 0 Å². The number of rotatable bonds is 4. The van der Waals surface area contributed by atoms with E-state index < -0.39 is 0 Å². The summed E-state index contributed by atoms with van der Waals surface area (Å²) in [4.78, 5) is 39.2. The Labute approximate surface area is 159 Å². The van der Waals surface area contributed by atoms with E-state index in [9.17, 15) is 14.4 Å². The quantitative estimate of drug-likeness (QED) is 0.608. The summed E-state index contributed by atoms with van der Waals surface area (Å²) < 4.78 is 0.938. The fourth-order valence-electron chi connectivity index (χ4n) is 5.21. The molecule has 0 unspecified atom stereocenters. The summed E-state index contributed by atoms with van der Waals surface area (Å²) in [5.74, 6) is 0.967. The first-order valence-electron chi connectivity index (χ1n) is 9.13. The maximum atomic E-state index is 12.8. The number of carbonyl (C=O) groups is 3. The van der Waals surface area contributed by atoms with E-state index in [1.807, 2.05) is 12.1 Å². The van der Waals surface area contributed by atoms with E-state index in [4.69, 9.17) is 0 Å². The van der Waals surface area contributed by atoms with Gasteiger partial charge < -0.3 is 5.32 Å². The normalized spacial score (nSPS) is 36.1. The van der Waals surface area contributed by atoms with Crippen LogP contribution in [0.5, 0.6) is 0 Å². The number of hydrogen-bond donors (Lipinski definition) is 1. The lowest BCUT2D eigenvalue weighted by atomic mass is 9.63. The zero-order chi connectivity index (χ0) is 18.0. The molecule has 6 rings (SSSR count). The summed E-state index contributed by atoms with van der Waals surface area (Å²) >= 11 is 3.35. The van der Waals surface area contributed by atoms with Crippen molar-refractivity contribution in [2.24, 2.45) is 35.5 Å². The molecule has 4 aliphatic carbocycles. The maximum absolute atomic E-state index is 12.8. The number of nitrogens with zero attached hydrogens (tertiary/aromatic N) is 1. The van der Waals surface area contributed by atoms with E-state index in [1.165, 1.54) is 4.90 Å². The fraction of sp³-hybridized carbons (Fsp3) is 0.450. The molecular formula is C20H19BrN2O3. The molecule has 3 amide bonds. The summed E-state index contributed by atoms with van der Waals surface area (Å²) in [6.45, 7) is 0.168. The number of nitrogens with one attached hydrogen (secondary N) is 1. The van der Waals surface area contributed by atoms with Gasteiger partial charge in [0.15, 0.2) is 0 Å². The minimum Gasteiger partial charge on any atom is -0.326 e. The Morgan fingerprint density at radius 1 is 1.04 bits per heavy atom. The van der Waals surface area contributed by atoms with Gasteiger partial charge in [0.25, 0.3) is 0 Å². The average molecular weight is 415 g/mol. The molecule has 2 saturated carbocycles. The SMILES string of the molecule is O=C(CCN1C(=O)[C@@H]2[C@H]3C=C[C@@H]([C@@H]4C[C@@H]34)[C@H]2C1=O)Nc1ccc(Br)cc1. The Bertz CT molecular complexity index is 798. The molecule has 5 nitrogen and oxygen atoms in total. The molecule has 1 aliphatic heterocycles. The molecule has 5 aliphatic rings. The molecule has 0 aromatic heterocycles. The van der Waals surface area contributed by atoms with Crippen molar-refractivity contribution in [2.45, 2.75) is 12.8 Å². The smallest absolute Gasteiger partial charge is 0.233 e. The van der Waals surface area contributed by atoms with Crippen LogP contribution in [0, 0.1) is 35.5 Å². The van der Waals surface area contributed by atoms with Gasteiger partial charge in [-0.25, -0.2) is 0 Å². The number of benzene rings is 1. The predicted octanol–water partition coefficient (Wildman–Crippen LogP) is 2.83. The number of anilines is 1. The Kier molecular flexibility index (Phi) is 3.61. The third-order valence-electron chi connectivity index (χ3n) is 6.44. The molecular weight excluding hydrogens is 396 g/mol. The second kappa shape index (κ2) is 5.78. The van der Waals surface area contributed by atoms with Gasteiger partial charge in [-0.15, -0.1) is 0 Å². The van der Waals surface area contributed by atoms with Crippen molar-refractivity contribution < 1.29 is 14.4 Å². The lowest BCUT2D eigenvalue weighted by Gasteiger charge is -2.37. The van der Waals surface area contributed by atoms with Gasteiger partial charge in [-0.1, -0.05) is 28.1 Å². The molecule has 1 saturated heterocycles. The van der Waals surface area contributed by atoms with E-state index in [0.717, 1.165) is 10.9 Å². The van der Waals surface area contributed by atoms with Crippen LogP contribution in [0.3, 0.4) is 0 Å². The maximum Gasteiger partial charge on any atom is 0.233 e. The van der Waals surface area contributed by atoms with Gasteiger partial charge in [-0.2, -0.15) is 0 Å². The second-order valence-corrected chi connectivity index (χ2v) is 8.70. The van der Waals surface area contributed by atoms with Crippen LogP contribution in [0.25, 0.3) is 0 Å². The Morgan fingerprint density at radius 2 is 1.62 bits per heavy atom. The summed E-state index contributed by atoms with van der Waals surface area (Å²) in [5.41, 5.74) is 0.702. The highest BCUT2D eigenvalue weighted by atomic mass is 79.9. The second-order valence-electron chi connectivity index (χ2n) is 7.79. The number of likely N-dealkylation sites (tertiary alicyclic amines) is 1. The van der Waals surface area contributed by atoms with Crippen molar-refractivity contribution in [3.05, 3.63) is 40.9 Å². The summed E-state index contributed by atoms with van der Waals surface area (Å²) in [6, 6.07) is 7.31. The van der Waals surface area contributed by atoms with Crippen LogP contribution < -0.4 is 5.32 Å². The summed E-state index contributed by atoms with van der Waals surface area (Å²) in [6.07, 6.45) is 5.61. The van der Waals surface area contributed by atoms with Crippen molar-refractivity contribution in [3.63, 3.8) is 0 Å². The largest absolute Gasteiger partial charge is 0.326 e. The molecule has 0 spiro atoms. The number of halogens is 1. The first-order chi connectivity index (χ1) is 12.5. The molecule has 2 bridgehead atoms. The van der Waals surface area contributed by atoms with Crippen LogP contribution >= 0.6 is 15.9 Å². The number of hydrogen-bond acceptors (Lipinski definition) is 3. The van der Waals surface area contributed by atoms with Gasteiger partial charge in [-0.3, -0.25) is 19.3 Å². The lowest BCUT2D eigenvalue weighted by molar-refractivity contribution is -0.140. The Morgan fingerprint density at radius 3 is 2.19 bits per heavy atom. The first-order valence-corrected chi connectivity index (χ1v) is 9.93. The average Bonchev–Trinajstić information content (AvgIpc) is 3.41. The van der Waals surface area contributed by atoms with Crippen LogP contribution in [-0.4, -0.2) is 29.2 Å². The van der Waals surface area contributed by atoms with Crippen molar-refractivity contribution >= 4 is 39.3 Å². The standard InChI is InChI=1S/C20H19BrN2O3/c21-10-1-3-11(4-2-10)22-16(24)7-8-23-19(25)17-12-5-6-13(15-9-14(12)15)18(17)20(23)26/h1-6,12-15,17-18H,7-9H2,(H,22,24)/t12-,13-,14-,15-,17+,18+/m0/s1. The minimum atomic E-state index is -0.188. The number of allylic oxidation sites excluding steroid dienone is 2. The molecule has 134 valence electrons. The molecule has 1 heterocycles. The zero-order valence-electron chi connectivity index (χ0n) is 14.1. The van der Waals surface area contributed by atoms with E-state index in [1.54, 1.807) is 12.1 Å². The van der Waals surface area contributed by atoms with Crippen LogP contribution in [0.2, 0.25) is 0 Å². The van der Waals surface area contributed by atoms with Crippen LogP contribution in [-0.2, 0) is 14.4 Å². The van der Waals surface area contributed by atoms with Gasteiger partial charge in [0.05, 0.1) is 11.8 Å². The van der Waals surface area contributed by atoms with Crippen LogP contribution in [0.15, 0.2) is 40.9 Å². The van der Waals surface area contributed by atoms with E-state index in [2.05, 4.69) is 33.4 Å². The van der Waals surface area contributed by atoms with Gasteiger partial charge in [0.1, 0.15) is 0 Å². The Hall–Kier alpha value is -1.95. The third-order valence-corrected chi connectivity index (χ3v) is 6.97. The molecule has 0 radical (unpaired) electrons. The van der Waals surface area contributed by atoms with Gasteiger partial charge in [-0.05, 0) is 54.4 Å². The van der Waals surface area contributed by atoms with Crippen LogP contribution in [0.4, 0.5) is 5.69 Å². The first kappa shape index (κ1) is 16.2. The predicted molar refractivity (Wildman–Crippen MR) is 98.8 cm³/mol. The zero-order valence-corrected chi connectivity index (χ0v) is 15.7. The molecule has 1 aromatic rings. The molecule has 1 aromatic carbocycles. The minimum absolute atomic E-state index is 0.0684. The Balaban J connectivity index is 1.24. The molecule has 6 atom stereocenters. The number of carbonyl (C=O) groups excluding carboxylic acids is 3. The van der Waals surface area contributed by atoms with Crippen molar-refractivity contribution in [1.82, 2.24) is 4.90 Å². The topological polar surface area (TPSA) is 66.5 Å². The molecule has 1 N–H and O–H groups in total. The van der Waals surface area contributed by atoms with Gasteiger partial charge in [0.2, 0.25) is 17.7 Å². The van der Waals surface area contributed by atoms with E-state index in [0.29, 0.717) is 17.5 Å². The highest BCUT2D eigenvalue weighted by Gasteiger charge is 2.66. The van der Waals surface area contributed by atoms with Gasteiger partial charge in [0, 0.05) is 23.1 Å². The molecule has 6 heteroatoms. The van der Waals surface area contributed by atoms with Crippen molar-refractivity contribution in [2.75, 3.05) is 11.9 Å². The molecule has 26 heavy (non-hydrogen) atoms. The number of amides is 3. The summed E-state index contributed by atoms with van der Waals surface area (Å²) in [5, 5.41) is 2.81. The van der Waals surface area contributed by atoms with Gasteiger partial charge >= 0.3 is 0 Å². The molecule has 3 fully saturated rings. The van der Waals surface area contributed by atoms with Crippen molar-refractivity contribution in [3.8, 4) is 0 Å². The lowest BCUT2D eigenvalue weighted by Crippen LogP contribution is -2.40.